The Morgan fingerprint density at radius 2 is 2.06 bits per heavy atom. The molecule has 0 aliphatic rings. The van der Waals surface area contributed by atoms with Crippen molar-refractivity contribution in [2.75, 3.05) is 12.4 Å². The zero-order valence-electron chi connectivity index (χ0n) is 9.90. The summed E-state index contributed by atoms with van der Waals surface area (Å²) in [6.07, 6.45) is 0. The van der Waals surface area contributed by atoms with Gasteiger partial charge in [0.25, 0.3) is 0 Å². The first-order valence-corrected chi connectivity index (χ1v) is 5.90. The molecule has 0 aromatic carbocycles. The van der Waals surface area contributed by atoms with Crippen LogP contribution in [-0.2, 0) is 6.54 Å². The summed E-state index contributed by atoms with van der Waals surface area (Å²) in [4.78, 5) is 0. The lowest BCUT2D eigenvalue weighted by Crippen LogP contribution is -2.06. The van der Waals surface area contributed by atoms with Gasteiger partial charge in [-0.2, -0.15) is 5.10 Å². The van der Waals surface area contributed by atoms with Gasteiger partial charge in [0.1, 0.15) is 10.7 Å². The van der Waals surface area contributed by atoms with E-state index < -0.39 is 0 Å². The topological polar surface area (TPSA) is 55.6 Å². The minimum atomic E-state index is 0.674. The summed E-state index contributed by atoms with van der Waals surface area (Å²) in [7, 11) is 1.88. The quantitative estimate of drug-likeness (QED) is 0.883. The van der Waals surface area contributed by atoms with Gasteiger partial charge in [-0.15, -0.1) is 5.10 Å². The Bertz CT molecular complexity index is 499. The van der Waals surface area contributed by atoms with Crippen molar-refractivity contribution in [3.63, 3.8) is 0 Å². The van der Waals surface area contributed by atoms with Gasteiger partial charge >= 0.3 is 0 Å². The van der Waals surface area contributed by atoms with Gasteiger partial charge < -0.3 is 5.32 Å². The average Bonchev–Trinajstić information content (AvgIpc) is 2.81. The number of hydrogen-bond acceptors (Lipinski definition) is 5. The van der Waals surface area contributed by atoms with Gasteiger partial charge in [-0.1, -0.05) is 4.49 Å². The van der Waals surface area contributed by atoms with Gasteiger partial charge in [0.2, 0.25) is 0 Å². The summed E-state index contributed by atoms with van der Waals surface area (Å²) < 4.78 is 5.91. The fourth-order valence-corrected chi connectivity index (χ4v) is 2.11. The highest BCUT2D eigenvalue weighted by Gasteiger charge is 2.11. The van der Waals surface area contributed by atoms with E-state index in [1.54, 1.807) is 0 Å². The van der Waals surface area contributed by atoms with Crippen LogP contribution in [0.25, 0.3) is 0 Å². The van der Waals surface area contributed by atoms with E-state index in [9.17, 15) is 0 Å². The molecule has 86 valence electrons. The standard InChI is InChI=1S/C10H15N5S/c1-6-7(2)13-15(8(6)3)5-9-10(11-4)16-14-12-9/h11H,5H2,1-4H3. The third kappa shape index (κ3) is 1.80. The van der Waals surface area contributed by atoms with E-state index in [2.05, 4.69) is 33.8 Å². The van der Waals surface area contributed by atoms with Crippen LogP contribution in [0.4, 0.5) is 5.00 Å². The van der Waals surface area contributed by atoms with Crippen LogP contribution in [-0.4, -0.2) is 26.4 Å². The van der Waals surface area contributed by atoms with Gasteiger partial charge in [0, 0.05) is 24.3 Å². The van der Waals surface area contributed by atoms with Gasteiger partial charge in [0.15, 0.2) is 0 Å². The van der Waals surface area contributed by atoms with Crippen LogP contribution in [0.15, 0.2) is 0 Å². The van der Waals surface area contributed by atoms with Crippen molar-refractivity contribution in [1.82, 2.24) is 19.4 Å². The van der Waals surface area contributed by atoms with Crippen molar-refractivity contribution >= 4 is 16.5 Å². The second-order valence-electron chi connectivity index (χ2n) is 3.75. The molecule has 2 aromatic rings. The van der Waals surface area contributed by atoms with Crippen molar-refractivity contribution in [2.24, 2.45) is 0 Å². The maximum Gasteiger partial charge on any atom is 0.135 e. The Kier molecular flexibility index (Phi) is 2.91. The molecule has 0 radical (unpaired) electrons. The maximum atomic E-state index is 4.49. The lowest BCUT2D eigenvalue weighted by atomic mass is 10.2. The second kappa shape index (κ2) is 4.21. The lowest BCUT2D eigenvalue weighted by Gasteiger charge is -2.03. The molecule has 16 heavy (non-hydrogen) atoms. The van der Waals surface area contributed by atoms with E-state index in [1.165, 1.54) is 22.8 Å². The Morgan fingerprint density at radius 3 is 2.62 bits per heavy atom. The van der Waals surface area contributed by atoms with Crippen molar-refractivity contribution in [2.45, 2.75) is 27.3 Å². The zero-order valence-corrected chi connectivity index (χ0v) is 10.7. The average molecular weight is 237 g/mol. The SMILES string of the molecule is CNc1snnc1Cn1nc(C)c(C)c1C. The van der Waals surface area contributed by atoms with Crippen LogP contribution >= 0.6 is 11.5 Å². The van der Waals surface area contributed by atoms with Gasteiger partial charge in [0.05, 0.1) is 12.2 Å². The summed E-state index contributed by atoms with van der Waals surface area (Å²) in [6.45, 7) is 6.87. The molecule has 5 nitrogen and oxygen atoms in total. The number of aryl methyl sites for hydroxylation is 1. The van der Waals surface area contributed by atoms with Crippen molar-refractivity contribution < 1.29 is 0 Å². The molecule has 0 atom stereocenters. The Balaban J connectivity index is 2.30. The molecule has 0 amide bonds. The first-order valence-electron chi connectivity index (χ1n) is 5.13. The van der Waals surface area contributed by atoms with Crippen LogP contribution in [0.2, 0.25) is 0 Å². The molecule has 0 spiro atoms. The number of anilines is 1. The van der Waals surface area contributed by atoms with Crippen LogP contribution in [0.1, 0.15) is 22.6 Å². The molecule has 2 rings (SSSR count). The highest BCUT2D eigenvalue weighted by Crippen LogP contribution is 2.19. The van der Waals surface area contributed by atoms with Crippen molar-refractivity contribution in [3.8, 4) is 0 Å². The monoisotopic (exact) mass is 237 g/mol. The first-order chi connectivity index (χ1) is 7.63. The highest BCUT2D eigenvalue weighted by atomic mass is 32.1. The molecule has 0 bridgehead atoms. The van der Waals surface area contributed by atoms with Gasteiger partial charge in [-0.05, 0) is 26.3 Å². The van der Waals surface area contributed by atoms with Crippen LogP contribution in [0, 0.1) is 20.8 Å². The summed E-state index contributed by atoms with van der Waals surface area (Å²) in [5, 5.41) is 12.7. The molecule has 0 unspecified atom stereocenters. The fraction of sp³-hybridized carbons (Fsp3) is 0.500. The van der Waals surface area contributed by atoms with Gasteiger partial charge in [-0.3, -0.25) is 4.68 Å². The maximum absolute atomic E-state index is 4.49. The summed E-state index contributed by atoms with van der Waals surface area (Å²) >= 11 is 1.37. The predicted octanol–water partition coefficient (Wildman–Crippen LogP) is 1.75. The third-order valence-electron chi connectivity index (χ3n) is 2.83. The minimum Gasteiger partial charge on any atom is -0.377 e. The van der Waals surface area contributed by atoms with Crippen molar-refractivity contribution in [3.05, 3.63) is 22.6 Å². The largest absolute Gasteiger partial charge is 0.377 e. The molecular weight excluding hydrogens is 222 g/mol. The van der Waals surface area contributed by atoms with E-state index in [-0.39, 0.29) is 0 Å². The molecule has 0 saturated heterocycles. The summed E-state index contributed by atoms with van der Waals surface area (Å²) in [6, 6.07) is 0. The lowest BCUT2D eigenvalue weighted by molar-refractivity contribution is 0.645. The van der Waals surface area contributed by atoms with E-state index >= 15 is 0 Å². The zero-order chi connectivity index (χ0) is 11.7. The summed E-state index contributed by atoms with van der Waals surface area (Å²) in [5.74, 6) is 0. The highest BCUT2D eigenvalue weighted by molar-refractivity contribution is 7.10. The Morgan fingerprint density at radius 1 is 1.31 bits per heavy atom. The molecule has 6 heteroatoms. The molecule has 2 heterocycles. The van der Waals surface area contributed by atoms with E-state index in [4.69, 9.17) is 0 Å². The summed E-state index contributed by atoms with van der Waals surface area (Å²) in [5.41, 5.74) is 4.45. The Hall–Kier alpha value is -1.43. The third-order valence-corrected chi connectivity index (χ3v) is 3.61. The molecule has 0 aliphatic carbocycles. The van der Waals surface area contributed by atoms with Crippen LogP contribution in [0.3, 0.4) is 0 Å². The first kappa shape index (κ1) is 11.1. The number of nitrogens with zero attached hydrogens (tertiary/aromatic N) is 4. The molecule has 2 aromatic heterocycles. The normalized spacial score (nSPS) is 10.8. The smallest absolute Gasteiger partial charge is 0.135 e. The molecule has 0 aliphatic heterocycles. The molecule has 1 N–H and O–H groups in total. The number of hydrogen-bond donors (Lipinski definition) is 1. The van der Waals surface area contributed by atoms with Crippen LogP contribution < -0.4 is 5.32 Å². The van der Waals surface area contributed by atoms with Crippen LogP contribution in [0.5, 0.6) is 0 Å². The van der Waals surface area contributed by atoms with E-state index in [0.29, 0.717) is 6.54 Å². The van der Waals surface area contributed by atoms with Crippen molar-refractivity contribution in [1.29, 1.82) is 0 Å². The number of aromatic nitrogens is 4. The Labute approximate surface area is 98.7 Å². The molecule has 0 fully saturated rings. The second-order valence-corrected chi connectivity index (χ2v) is 4.51. The predicted molar refractivity (Wildman–Crippen MR) is 65.0 cm³/mol. The van der Waals surface area contributed by atoms with E-state index in [1.807, 2.05) is 18.7 Å². The molecular formula is C10H15N5S. The fourth-order valence-electron chi connectivity index (χ4n) is 1.58. The van der Waals surface area contributed by atoms with E-state index in [0.717, 1.165) is 16.4 Å². The minimum absolute atomic E-state index is 0.674. The van der Waals surface area contributed by atoms with Gasteiger partial charge in [-0.25, -0.2) is 0 Å². The number of rotatable bonds is 3. The number of nitrogens with one attached hydrogen (secondary N) is 1. The molecule has 0 saturated carbocycles.